The summed E-state index contributed by atoms with van der Waals surface area (Å²) >= 11 is 0. The molecule has 7 nitrogen and oxygen atoms in total. The molecule has 2 amide bonds. The van der Waals surface area contributed by atoms with Crippen molar-refractivity contribution in [3.8, 4) is 0 Å². The standard InChI is InChI=1S/C23H19F2N3O4S/c24-20-11-10-19(14-21(20)25)33(31,32)27-17-8-6-16(7-9-17)26-23(30)15-3-1-4-18(13-15)28-12-2-5-22(28)29/h1,3-4,6-11,13-14,27H,2,5,12H2,(H,26,30). The van der Waals surface area contributed by atoms with Crippen molar-refractivity contribution in [2.75, 3.05) is 21.5 Å². The molecule has 0 saturated carbocycles. The normalized spacial score (nSPS) is 13.8. The Kier molecular flexibility index (Phi) is 6.10. The van der Waals surface area contributed by atoms with Gasteiger partial charge in [-0.1, -0.05) is 6.07 Å². The zero-order valence-electron chi connectivity index (χ0n) is 17.2. The van der Waals surface area contributed by atoms with Gasteiger partial charge in [0.05, 0.1) is 4.90 Å². The Labute approximate surface area is 189 Å². The highest BCUT2D eigenvalue weighted by Crippen LogP contribution is 2.24. The van der Waals surface area contributed by atoms with Crippen molar-refractivity contribution in [1.29, 1.82) is 0 Å². The number of halogens is 2. The fraction of sp³-hybridized carbons (Fsp3) is 0.130. The summed E-state index contributed by atoms with van der Waals surface area (Å²) in [6.45, 7) is 0.617. The van der Waals surface area contributed by atoms with E-state index in [1.54, 1.807) is 29.2 Å². The molecule has 0 spiro atoms. The number of amides is 2. The summed E-state index contributed by atoms with van der Waals surface area (Å²) in [5, 5.41) is 2.71. The molecule has 1 fully saturated rings. The maximum Gasteiger partial charge on any atom is 0.261 e. The lowest BCUT2D eigenvalue weighted by atomic mass is 10.1. The van der Waals surface area contributed by atoms with Crippen LogP contribution in [0.5, 0.6) is 0 Å². The lowest BCUT2D eigenvalue weighted by molar-refractivity contribution is -0.117. The van der Waals surface area contributed by atoms with Crippen molar-refractivity contribution in [3.05, 3.63) is 83.9 Å². The zero-order chi connectivity index (χ0) is 23.6. The lowest BCUT2D eigenvalue weighted by Gasteiger charge is -2.16. The molecule has 0 aromatic heterocycles. The number of carbonyl (C=O) groups excluding carboxylic acids is 2. The summed E-state index contributed by atoms with van der Waals surface area (Å²) in [5.41, 5.74) is 1.62. The van der Waals surface area contributed by atoms with Gasteiger partial charge in [0, 0.05) is 35.6 Å². The van der Waals surface area contributed by atoms with Crippen LogP contribution in [0.3, 0.4) is 0 Å². The summed E-state index contributed by atoms with van der Waals surface area (Å²) < 4.78 is 53.5. The first-order chi connectivity index (χ1) is 15.7. The van der Waals surface area contributed by atoms with E-state index in [1.165, 1.54) is 24.3 Å². The van der Waals surface area contributed by atoms with Gasteiger partial charge in [-0.25, -0.2) is 17.2 Å². The van der Waals surface area contributed by atoms with E-state index in [0.29, 0.717) is 36.0 Å². The number of benzene rings is 3. The fourth-order valence-electron chi connectivity index (χ4n) is 3.42. The molecule has 0 bridgehead atoms. The lowest BCUT2D eigenvalue weighted by Crippen LogP contribution is -2.24. The maximum absolute atomic E-state index is 13.4. The van der Waals surface area contributed by atoms with Crippen molar-refractivity contribution in [3.63, 3.8) is 0 Å². The number of rotatable bonds is 6. The van der Waals surface area contributed by atoms with Crippen molar-refractivity contribution in [2.24, 2.45) is 0 Å². The average molecular weight is 471 g/mol. The van der Waals surface area contributed by atoms with Gasteiger partial charge in [-0.05, 0) is 67.1 Å². The minimum Gasteiger partial charge on any atom is -0.322 e. The second-order valence-corrected chi connectivity index (χ2v) is 9.09. The second-order valence-electron chi connectivity index (χ2n) is 7.41. The van der Waals surface area contributed by atoms with Gasteiger partial charge < -0.3 is 10.2 Å². The molecule has 0 atom stereocenters. The van der Waals surface area contributed by atoms with E-state index < -0.39 is 32.5 Å². The number of nitrogens with zero attached hydrogens (tertiary/aromatic N) is 1. The second kappa shape index (κ2) is 8.99. The number of anilines is 3. The molecule has 4 rings (SSSR count). The van der Waals surface area contributed by atoms with Crippen LogP contribution < -0.4 is 14.9 Å². The molecule has 0 radical (unpaired) electrons. The minimum atomic E-state index is -4.13. The van der Waals surface area contributed by atoms with E-state index in [1.807, 2.05) is 0 Å². The quantitative estimate of drug-likeness (QED) is 0.565. The first-order valence-electron chi connectivity index (χ1n) is 10.0. The number of sulfonamides is 1. The van der Waals surface area contributed by atoms with Crippen LogP contribution in [0.4, 0.5) is 25.8 Å². The van der Waals surface area contributed by atoms with Crippen LogP contribution in [0.25, 0.3) is 0 Å². The van der Waals surface area contributed by atoms with Crippen molar-refractivity contribution in [2.45, 2.75) is 17.7 Å². The Hall–Kier alpha value is -3.79. The smallest absolute Gasteiger partial charge is 0.261 e. The average Bonchev–Trinajstić information content (AvgIpc) is 3.22. The molecule has 170 valence electrons. The number of nitrogens with one attached hydrogen (secondary N) is 2. The van der Waals surface area contributed by atoms with E-state index in [0.717, 1.165) is 18.6 Å². The molecule has 3 aromatic rings. The van der Waals surface area contributed by atoms with E-state index in [2.05, 4.69) is 10.0 Å². The molecule has 1 heterocycles. The van der Waals surface area contributed by atoms with Gasteiger partial charge in [-0.2, -0.15) is 0 Å². The third kappa shape index (κ3) is 5.01. The van der Waals surface area contributed by atoms with Crippen LogP contribution in [0.15, 0.2) is 71.6 Å². The molecule has 0 unspecified atom stereocenters. The Morgan fingerprint density at radius 2 is 1.64 bits per heavy atom. The Morgan fingerprint density at radius 1 is 0.909 bits per heavy atom. The number of hydrogen-bond donors (Lipinski definition) is 2. The Bertz CT molecular complexity index is 1330. The number of carbonyl (C=O) groups is 2. The van der Waals surface area contributed by atoms with Crippen LogP contribution in [0.1, 0.15) is 23.2 Å². The first-order valence-corrected chi connectivity index (χ1v) is 11.5. The molecular weight excluding hydrogens is 452 g/mol. The highest BCUT2D eigenvalue weighted by atomic mass is 32.2. The van der Waals surface area contributed by atoms with Crippen LogP contribution in [-0.4, -0.2) is 26.8 Å². The largest absolute Gasteiger partial charge is 0.322 e. The van der Waals surface area contributed by atoms with E-state index in [-0.39, 0.29) is 11.6 Å². The topological polar surface area (TPSA) is 95.6 Å². The first kappa shape index (κ1) is 22.4. The van der Waals surface area contributed by atoms with E-state index >= 15 is 0 Å². The summed E-state index contributed by atoms with van der Waals surface area (Å²) in [6, 6.07) is 14.9. The van der Waals surface area contributed by atoms with Crippen LogP contribution in [-0.2, 0) is 14.8 Å². The molecule has 3 aromatic carbocycles. The summed E-state index contributed by atoms with van der Waals surface area (Å²) in [6.07, 6.45) is 1.27. The van der Waals surface area contributed by atoms with Gasteiger partial charge in [0.25, 0.3) is 15.9 Å². The van der Waals surface area contributed by atoms with Crippen LogP contribution in [0, 0.1) is 11.6 Å². The van der Waals surface area contributed by atoms with Gasteiger partial charge in [-0.15, -0.1) is 0 Å². The van der Waals surface area contributed by atoms with Gasteiger partial charge in [-0.3, -0.25) is 14.3 Å². The molecule has 1 aliphatic rings. The SMILES string of the molecule is O=C(Nc1ccc(NS(=O)(=O)c2ccc(F)c(F)c2)cc1)c1cccc(N2CCCC2=O)c1. The highest BCUT2D eigenvalue weighted by molar-refractivity contribution is 7.92. The molecule has 1 aliphatic heterocycles. The minimum absolute atomic E-state index is 0.0222. The molecule has 0 aliphatic carbocycles. The maximum atomic E-state index is 13.4. The van der Waals surface area contributed by atoms with Crippen molar-refractivity contribution < 1.29 is 26.8 Å². The highest BCUT2D eigenvalue weighted by Gasteiger charge is 2.22. The third-order valence-corrected chi connectivity index (χ3v) is 6.47. The molecule has 2 N–H and O–H groups in total. The summed E-state index contributed by atoms with van der Waals surface area (Å²) in [7, 11) is -4.13. The Balaban J connectivity index is 1.44. The zero-order valence-corrected chi connectivity index (χ0v) is 18.0. The summed E-state index contributed by atoms with van der Waals surface area (Å²) in [5.74, 6) is -2.78. The molecular formula is C23H19F2N3O4S. The fourth-order valence-corrected chi connectivity index (χ4v) is 4.49. The molecule has 33 heavy (non-hydrogen) atoms. The molecule has 10 heteroatoms. The molecule has 1 saturated heterocycles. The predicted octanol–water partition coefficient (Wildman–Crippen LogP) is 4.14. The van der Waals surface area contributed by atoms with Crippen molar-refractivity contribution in [1.82, 2.24) is 0 Å². The number of hydrogen-bond acceptors (Lipinski definition) is 4. The van der Waals surface area contributed by atoms with E-state index in [4.69, 9.17) is 0 Å². The van der Waals surface area contributed by atoms with Crippen LogP contribution >= 0.6 is 0 Å². The predicted molar refractivity (Wildman–Crippen MR) is 120 cm³/mol. The Morgan fingerprint density at radius 3 is 2.30 bits per heavy atom. The summed E-state index contributed by atoms with van der Waals surface area (Å²) in [4.78, 5) is 25.8. The van der Waals surface area contributed by atoms with Gasteiger partial charge in [0.1, 0.15) is 0 Å². The van der Waals surface area contributed by atoms with Crippen LogP contribution in [0.2, 0.25) is 0 Å². The van der Waals surface area contributed by atoms with Crippen molar-refractivity contribution >= 4 is 38.9 Å². The third-order valence-electron chi connectivity index (χ3n) is 5.09. The monoisotopic (exact) mass is 471 g/mol. The van der Waals surface area contributed by atoms with Gasteiger partial charge in [0.15, 0.2) is 11.6 Å². The van der Waals surface area contributed by atoms with Gasteiger partial charge >= 0.3 is 0 Å². The van der Waals surface area contributed by atoms with E-state index in [9.17, 15) is 26.8 Å². The van der Waals surface area contributed by atoms with Gasteiger partial charge in [0.2, 0.25) is 5.91 Å².